The van der Waals surface area contributed by atoms with Gasteiger partial charge < -0.3 is 4.90 Å². The molecule has 0 aromatic heterocycles. The molecule has 0 unspecified atom stereocenters. The van der Waals surface area contributed by atoms with Crippen molar-refractivity contribution in [2.24, 2.45) is 0 Å². The van der Waals surface area contributed by atoms with E-state index in [1.165, 1.54) is 4.90 Å². The zero-order valence-electron chi connectivity index (χ0n) is 11.1. The second kappa shape index (κ2) is 6.62. The van der Waals surface area contributed by atoms with Gasteiger partial charge in [0, 0.05) is 23.9 Å². The Labute approximate surface area is 121 Å². The summed E-state index contributed by atoms with van der Waals surface area (Å²) in [6, 6.07) is 13.3. The Morgan fingerprint density at radius 2 is 1.71 bits per heavy atom. The highest BCUT2D eigenvalue weighted by atomic mass is 19.1. The van der Waals surface area contributed by atoms with Crippen molar-refractivity contribution in [1.82, 2.24) is 0 Å². The summed E-state index contributed by atoms with van der Waals surface area (Å²) in [6.45, 7) is 0.150. The average molecular weight is 286 g/mol. The minimum absolute atomic E-state index is 0.0886. The normalized spacial score (nSPS) is 9.95. The van der Waals surface area contributed by atoms with Gasteiger partial charge in [-0.15, -0.1) is 0 Å². The Morgan fingerprint density at radius 1 is 1.10 bits per heavy atom. The van der Waals surface area contributed by atoms with Gasteiger partial charge in [-0.2, -0.15) is 5.26 Å². The van der Waals surface area contributed by atoms with E-state index in [0.29, 0.717) is 11.8 Å². The maximum absolute atomic E-state index is 13.2. The number of carbonyl (C=O) groups is 1. The maximum Gasteiger partial charge on any atom is 0.258 e. The van der Waals surface area contributed by atoms with Gasteiger partial charge in [0.2, 0.25) is 0 Å². The van der Waals surface area contributed by atoms with E-state index in [9.17, 15) is 13.6 Å². The summed E-state index contributed by atoms with van der Waals surface area (Å²) in [6.07, 6.45) is 0.123. The van der Waals surface area contributed by atoms with Crippen molar-refractivity contribution in [3.8, 4) is 6.07 Å². The minimum Gasteiger partial charge on any atom is -0.307 e. The maximum atomic E-state index is 13.2. The van der Waals surface area contributed by atoms with Crippen LogP contribution in [0.2, 0.25) is 0 Å². The van der Waals surface area contributed by atoms with E-state index in [2.05, 4.69) is 0 Å². The molecule has 0 fully saturated rings. The van der Waals surface area contributed by atoms with Crippen molar-refractivity contribution in [3.05, 3.63) is 65.7 Å². The molecule has 0 heterocycles. The molecule has 0 spiro atoms. The predicted octanol–water partition coefficient (Wildman–Crippen LogP) is 3.53. The number of para-hydroxylation sites is 1. The number of hydrogen-bond acceptors (Lipinski definition) is 2. The van der Waals surface area contributed by atoms with Gasteiger partial charge in [0.05, 0.1) is 12.5 Å². The molecule has 2 rings (SSSR count). The fourth-order valence-corrected chi connectivity index (χ4v) is 1.95. The summed E-state index contributed by atoms with van der Waals surface area (Å²) in [5, 5.41) is 8.69. The van der Waals surface area contributed by atoms with Crippen molar-refractivity contribution in [3.63, 3.8) is 0 Å². The number of benzene rings is 2. The second-order valence-electron chi connectivity index (χ2n) is 4.36. The molecule has 21 heavy (non-hydrogen) atoms. The third-order valence-corrected chi connectivity index (χ3v) is 2.87. The van der Waals surface area contributed by atoms with Crippen LogP contribution in [0.3, 0.4) is 0 Å². The van der Waals surface area contributed by atoms with Gasteiger partial charge in [0.15, 0.2) is 0 Å². The van der Waals surface area contributed by atoms with Crippen LogP contribution in [0.1, 0.15) is 16.8 Å². The lowest BCUT2D eigenvalue weighted by Gasteiger charge is -2.22. The molecular formula is C16H12F2N2O. The van der Waals surface area contributed by atoms with Crippen LogP contribution in [0.5, 0.6) is 0 Å². The fraction of sp³-hybridized carbons (Fsp3) is 0.125. The first-order valence-corrected chi connectivity index (χ1v) is 6.32. The van der Waals surface area contributed by atoms with E-state index in [1.807, 2.05) is 6.07 Å². The van der Waals surface area contributed by atoms with E-state index >= 15 is 0 Å². The number of amides is 1. The number of anilines is 1. The molecule has 3 nitrogen and oxygen atoms in total. The molecule has 0 aliphatic rings. The lowest BCUT2D eigenvalue weighted by Crippen LogP contribution is -2.32. The third kappa shape index (κ3) is 3.63. The third-order valence-electron chi connectivity index (χ3n) is 2.87. The summed E-state index contributed by atoms with van der Waals surface area (Å²) in [7, 11) is 0. The highest BCUT2D eigenvalue weighted by Crippen LogP contribution is 2.18. The first-order chi connectivity index (χ1) is 10.1. The molecule has 0 radical (unpaired) electrons. The molecule has 1 amide bonds. The number of hydrogen-bond donors (Lipinski definition) is 0. The highest BCUT2D eigenvalue weighted by Gasteiger charge is 2.18. The van der Waals surface area contributed by atoms with E-state index < -0.39 is 17.5 Å². The average Bonchev–Trinajstić information content (AvgIpc) is 2.47. The van der Waals surface area contributed by atoms with Gasteiger partial charge in [-0.3, -0.25) is 4.79 Å². The monoisotopic (exact) mass is 286 g/mol. The molecule has 0 bridgehead atoms. The van der Waals surface area contributed by atoms with Crippen LogP contribution in [-0.2, 0) is 0 Å². The Hall–Kier alpha value is -2.74. The van der Waals surface area contributed by atoms with Crippen LogP contribution in [0.4, 0.5) is 14.5 Å². The van der Waals surface area contributed by atoms with Gasteiger partial charge in [-0.05, 0) is 24.3 Å². The SMILES string of the molecule is N#CCCN(C(=O)c1cc(F)cc(F)c1)c1ccccc1. The van der Waals surface area contributed by atoms with Crippen LogP contribution in [0.25, 0.3) is 0 Å². The first kappa shape index (κ1) is 14.7. The number of halogens is 2. The molecule has 0 atom stereocenters. The second-order valence-corrected chi connectivity index (χ2v) is 4.36. The summed E-state index contributed by atoms with van der Waals surface area (Å²) in [5.74, 6) is -2.17. The molecule has 106 valence electrons. The minimum atomic E-state index is -0.813. The van der Waals surface area contributed by atoms with Crippen molar-refractivity contribution >= 4 is 11.6 Å². The van der Waals surface area contributed by atoms with Crippen molar-refractivity contribution < 1.29 is 13.6 Å². The van der Waals surface area contributed by atoms with Crippen LogP contribution >= 0.6 is 0 Å². The Balaban J connectivity index is 2.36. The van der Waals surface area contributed by atoms with E-state index in [-0.39, 0.29) is 18.5 Å². The van der Waals surface area contributed by atoms with Gasteiger partial charge >= 0.3 is 0 Å². The zero-order chi connectivity index (χ0) is 15.2. The lowest BCUT2D eigenvalue weighted by atomic mass is 10.1. The Kier molecular flexibility index (Phi) is 4.62. The van der Waals surface area contributed by atoms with E-state index in [0.717, 1.165) is 12.1 Å². The molecule has 0 aliphatic carbocycles. The molecule has 0 N–H and O–H groups in total. The summed E-state index contributed by atoms with van der Waals surface area (Å²) < 4.78 is 26.5. The molecule has 2 aromatic rings. The Morgan fingerprint density at radius 3 is 2.29 bits per heavy atom. The summed E-state index contributed by atoms with van der Waals surface area (Å²) in [5.41, 5.74) is 0.483. The van der Waals surface area contributed by atoms with Gasteiger partial charge in [0.1, 0.15) is 11.6 Å². The first-order valence-electron chi connectivity index (χ1n) is 6.32. The van der Waals surface area contributed by atoms with Crippen LogP contribution < -0.4 is 4.90 Å². The molecular weight excluding hydrogens is 274 g/mol. The smallest absolute Gasteiger partial charge is 0.258 e. The molecule has 0 aliphatic heterocycles. The predicted molar refractivity (Wildman–Crippen MR) is 74.7 cm³/mol. The van der Waals surface area contributed by atoms with Crippen molar-refractivity contribution in [2.45, 2.75) is 6.42 Å². The number of carbonyl (C=O) groups excluding carboxylic acids is 1. The fourth-order valence-electron chi connectivity index (χ4n) is 1.95. The number of nitriles is 1. The topological polar surface area (TPSA) is 44.1 Å². The number of rotatable bonds is 4. The quantitative estimate of drug-likeness (QED) is 0.863. The van der Waals surface area contributed by atoms with Crippen LogP contribution in [0.15, 0.2) is 48.5 Å². The van der Waals surface area contributed by atoms with Crippen molar-refractivity contribution in [1.29, 1.82) is 5.26 Å². The van der Waals surface area contributed by atoms with Gasteiger partial charge in [0.25, 0.3) is 5.91 Å². The summed E-state index contributed by atoms with van der Waals surface area (Å²) >= 11 is 0. The van der Waals surface area contributed by atoms with Gasteiger partial charge in [-0.1, -0.05) is 18.2 Å². The largest absolute Gasteiger partial charge is 0.307 e. The standard InChI is InChI=1S/C16H12F2N2O/c17-13-9-12(10-14(18)11-13)16(21)20(8-4-7-19)15-5-2-1-3-6-15/h1-3,5-6,9-11H,4,8H2. The van der Waals surface area contributed by atoms with Crippen molar-refractivity contribution in [2.75, 3.05) is 11.4 Å². The highest BCUT2D eigenvalue weighted by molar-refractivity contribution is 6.06. The van der Waals surface area contributed by atoms with Crippen LogP contribution in [0, 0.1) is 23.0 Å². The molecule has 0 saturated carbocycles. The Bertz CT molecular complexity index is 660. The van der Waals surface area contributed by atoms with E-state index in [1.54, 1.807) is 30.3 Å². The zero-order valence-corrected chi connectivity index (χ0v) is 11.1. The lowest BCUT2D eigenvalue weighted by molar-refractivity contribution is 0.0986. The molecule has 0 saturated heterocycles. The number of nitrogens with zero attached hydrogens (tertiary/aromatic N) is 2. The van der Waals surface area contributed by atoms with E-state index in [4.69, 9.17) is 5.26 Å². The molecule has 2 aromatic carbocycles. The summed E-state index contributed by atoms with van der Waals surface area (Å²) in [4.78, 5) is 13.8. The van der Waals surface area contributed by atoms with Gasteiger partial charge in [-0.25, -0.2) is 8.78 Å². The molecule has 5 heteroatoms. The van der Waals surface area contributed by atoms with Crippen LogP contribution in [-0.4, -0.2) is 12.5 Å².